The number of nitrogens with zero attached hydrogens (tertiary/aromatic N) is 3. The maximum atomic E-state index is 14.2. The lowest BCUT2D eigenvalue weighted by Gasteiger charge is -2.46. The van der Waals surface area contributed by atoms with E-state index in [0.29, 0.717) is 38.9 Å². The molecule has 1 aliphatic rings. The summed E-state index contributed by atoms with van der Waals surface area (Å²) in [4.78, 5) is 48.0. The van der Waals surface area contributed by atoms with E-state index >= 15 is 0 Å². The molecule has 0 aromatic heterocycles. The number of allylic oxidation sites excluding steroid dienone is 1. The van der Waals surface area contributed by atoms with Crippen molar-refractivity contribution in [3.05, 3.63) is 89.0 Å². The van der Waals surface area contributed by atoms with Crippen LogP contribution < -0.4 is 16.8 Å². The molecule has 1 saturated heterocycles. The first-order chi connectivity index (χ1) is 21.5. The summed E-state index contributed by atoms with van der Waals surface area (Å²) >= 11 is 0. The third-order valence-corrected chi connectivity index (χ3v) is 8.40. The van der Waals surface area contributed by atoms with Gasteiger partial charge < -0.3 is 26.6 Å². The second-order valence-corrected chi connectivity index (χ2v) is 12.0. The Labute approximate surface area is 266 Å². The van der Waals surface area contributed by atoms with E-state index in [4.69, 9.17) is 11.5 Å². The van der Waals surface area contributed by atoms with E-state index in [1.807, 2.05) is 85.2 Å². The van der Waals surface area contributed by atoms with Gasteiger partial charge in [-0.05, 0) is 66.6 Å². The number of nitrogens with one attached hydrogen (secondary N) is 1. The highest BCUT2D eigenvalue weighted by Crippen LogP contribution is 2.24. The van der Waals surface area contributed by atoms with Crippen LogP contribution in [0.2, 0.25) is 0 Å². The van der Waals surface area contributed by atoms with Gasteiger partial charge >= 0.3 is 0 Å². The fraction of sp³-hybridized carbons (Fsp3) is 0.389. The predicted molar refractivity (Wildman–Crippen MR) is 181 cm³/mol. The van der Waals surface area contributed by atoms with E-state index in [1.54, 1.807) is 0 Å². The summed E-state index contributed by atoms with van der Waals surface area (Å²) in [6, 6.07) is 19.1. The Balaban J connectivity index is 1.55. The van der Waals surface area contributed by atoms with Crippen LogP contribution in [0.1, 0.15) is 55.9 Å². The van der Waals surface area contributed by atoms with Crippen molar-refractivity contribution in [2.24, 2.45) is 16.5 Å². The summed E-state index contributed by atoms with van der Waals surface area (Å²) in [7, 11) is 0. The van der Waals surface area contributed by atoms with E-state index < -0.39 is 6.04 Å². The highest BCUT2D eigenvalue weighted by Gasteiger charge is 2.38. The van der Waals surface area contributed by atoms with Gasteiger partial charge in [0.1, 0.15) is 6.04 Å². The molecule has 9 heteroatoms. The maximum Gasteiger partial charge on any atom is 0.245 e. The van der Waals surface area contributed by atoms with Gasteiger partial charge in [-0.15, -0.1) is 0 Å². The Bertz CT molecular complexity index is 1580. The zero-order chi connectivity index (χ0) is 32.5. The van der Waals surface area contributed by atoms with Crippen LogP contribution in [0.15, 0.2) is 71.7 Å². The van der Waals surface area contributed by atoms with Crippen LogP contribution in [-0.2, 0) is 27.2 Å². The number of aryl methyl sites for hydroxylation is 1. The lowest BCUT2D eigenvalue weighted by atomic mass is 9.97. The van der Waals surface area contributed by atoms with Crippen LogP contribution in [0.4, 0.5) is 0 Å². The van der Waals surface area contributed by atoms with E-state index in [-0.39, 0.29) is 42.2 Å². The first-order valence-electron chi connectivity index (χ1n) is 15.7. The van der Waals surface area contributed by atoms with Crippen molar-refractivity contribution in [1.29, 1.82) is 0 Å². The Morgan fingerprint density at radius 3 is 2.42 bits per heavy atom. The molecule has 0 spiro atoms. The number of guanidine groups is 1. The van der Waals surface area contributed by atoms with Gasteiger partial charge in [0.15, 0.2) is 5.96 Å². The molecule has 3 aromatic carbocycles. The van der Waals surface area contributed by atoms with Crippen LogP contribution in [0.3, 0.4) is 0 Å². The fourth-order valence-corrected chi connectivity index (χ4v) is 6.18. The molecule has 9 nitrogen and oxygen atoms in total. The molecule has 0 radical (unpaired) electrons. The number of rotatable bonds is 11. The smallest absolute Gasteiger partial charge is 0.245 e. The van der Waals surface area contributed by atoms with Gasteiger partial charge in [0, 0.05) is 45.1 Å². The van der Waals surface area contributed by atoms with Crippen LogP contribution in [0.25, 0.3) is 16.8 Å². The number of piperazine rings is 1. The normalized spacial score (nSPS) is 17.3. The third-order valence-electron chi connectivity index (χ3n) is 8.40. The van der Waals surface area contributed by atoms with Crippen molar-refractivity contribution < 1.29 is 14.4 Å². The second kappa shape index (κ2) is 15.4. The topological polar surface area (TPSA) is 134 Å². The van der Waals surface area contributed by atoms with Gasteiger partial charge in [0.2, 0.25) is 17.7 Å². The molecule has 3 atom stereocenters. The second-order valence-electron chi connectivity index (χ2n) is 12.0. The molecule has 3 aromatic rings. The first-order valence-corrected chi connectivity index (χ1v) is 15.7. The molecule has 4 rings (SSSR count). The molecule has 3 amide bonds. The number of fused-ring (bicyclic) bond motifs is 1. The number of hydrogen-bond donors (Lipinski definition) is 3. The highest BCUT2D eigenvalue weighted by atomic mass is 16.2. The zero-order valence-electron chi connectivity index (χ0n) is 26.8. The molecule has 1 fully saturated rings. The Hall–Kier alpha value is -4.66. The van der Waals surface area contributed by atoms with Gasteiger partial charge in [-0.3, -0.25) is 19.4 Å². The Kier molecular flexibility index (Phi) is 11.4. The molecular formula is C36H46N6O3. The number of hydrogen-bond acceptors (Lipinski definition) is 4. The molecule has 0 unspecified atom stereocenters. The minimum Gasteiger partial charge on any atom is -0.370 e. The number of carbonyl (C=O) groups excluding carboxylic acids is 3. The summed E-state index contributed by atoms with van der Waals surface area (Å²) in [5.74, 6) is -0.374. The minimum absolute atomic E-state index is 0.0221. The van der Waals surface area contributed by atoms with Crippen LogP contribution in [0.5, 0.6) is 0 Å². The molecule has 1 heterocycles. The van der Waals surface area contributed by atoms with Crippen LogP contribution in [-0.4, -0.2) is 71.2 Å². The maximum absolute atomic E-state index is 14.2. The van der Waals surface area contributed by atoms with E-state index in [9.17, 15) is 14.4 Å². The molecule has 0 aliphatic carbocycles. The molecule has 0 saturated carbocycles. The SMILES string of the molecule is C/C=C\c1ccc(CC(=O)N2C[C@H](CCCN=C(N)N)N(C(=O)[C@@H](Cc3ccc4ccccc4c3)NC(C)=O)C[C@H]2C)cc1C. The molecule has 238 valence electrons. The van der Waals surface area contributed by atoms with Gasteiger partial charge in [0.25, 0.3) is 0 Å². The third kappa shape index (κ3) is 8.94. The monoisotopic (exact) mass is 610 g/mol. The van der Waals surface area contributed by atoms with E-state index in [1.165, 1.54) is 6.92 Å². The Morgan fingerprint density at radius 1 is 1.00 bits per heavy atom. The summed E-state index contributed by atoms with van der Waals surface area (Å²) in [6.45, 7) is 8.62. The zero-order valence-corrected chi connectivity index (χ0v) is 26.8. The van der Waals surface area contributed by atoms with Gasteiger partial charge in [-0.25, -0.2) is 0 Å². The lowest BCUT2D eigenvalue weighted by molar-refractivity contribution is -0.148. The van der Waals surface area contributed by atoms with E-state index in [2.05, 4.69) is 28.5 Å². The summed E-state index contributed by atoms with van der Waals surface area (Å²) in [6.07, 6.45) is 5.96. The molecule has 5 N–H and O–H groups in total. The minimum atomic E-state index is -0.739. The molecule has 1 aliphatic heterocycles. The highest BCUT2D eigenvalue weighted by molar-refractivity contribution is 5.88. The summed E-state index contributed by atoms with van der Waals surface area (Å²) in [5.41, 5.74) is 15.2. The summed E-state index contributed by atoms with van der Waals surface area (Å²) < 4.78 is 0. The van der Waals surface area contributed by atoms with Crippen molar-refractivity contribution >= 4 is 40.5 Å². The standard InChI is InChI=1S/C36H46N6O3/c1-5-9-29-15-13-27(18-24(29)2)21-34(44)41-23-32(12-8-17-39-36(37)38)42(22-25(41)3)35(45)33(40-26(4)43)20-28-14-16-30-10-6-7-11-31(30)19-28/h5-7,9-11,13-16,18-19,25,32-33H,8,12,17,20-23H2,1-4H3,(H,40,43)(H4,37,38,39)/b9-5-/t25-,32+,33-/m1/s1. The number of benzene rings is 3. The van der Waals surface area contributed by atoms with Gasteiger partial charge in [-0.2, -0.15) is 0 Å². The lowest BCUT2D eigenvalue weighted by Crippen LogP contribution is -2.63. The van der Waals surface area contributed by atoms with Crippen molar-refractivity contribution in [2.75, 3.05) is 19.6 Å². The summed E-state index contributed by atoms with van der Waals surface area (Å²) in [5, 5.41) is 5.10. The quantitative estimate of drug-likeness (QED) is 0.172. The van der Waals surface area contributed by atoms with Gasteiger partial charge in [-0.1, -0.05) is 72.8 Å². The number of nitrogens with two attached hydrogens (primary N) is 2. The van der Waals surface area contributed by atoms with Crippen LogP contribution in [0, 0.1) is 6.92 Å². The largest absolute Gasteiger partial charge is 0.370 e. The van der Waals surface area contributed by atoms with Crippen molar-refractivity contribution in [3.8, 4) is 0 Å². The van der Waals surface area contributed by atoms with Gasteiger partial charge in [0.05, 0.1) is 6.42 Å². The van der Waals surface area contributed by atoms with Crippen LogP contribution >= 0.6 is 0 Å². The average molecular weight is 611 g/mol. The predicted octanol–water partition coefficient (Wildman–Crippen LogP) is 3.95. The number of aliphatic imine (C=N–C) groups is 1. The van der Waals surface area contributed by atoms with Crippen molar-refractivity contribution in [1.82, 2.24) is 15.1 Å². The number of carbonyl (C=O) groups is 3. The molecule has 45 heavy (non-hydrogen) atoms. The van der Waals surface area contributed by atoms with Crippen molar-refractivity contribution in [3.63, 3.8) is 0 Å². The molecular weight excluding hydrogens is 564 g/mol. The Morgan fingerprint density at radius 2 is 1.73 bits per heavy atom. The number of amides is 3. The fourth-order valence-electron chi connectivity index (χ4n) is 6.18. The molecule has 0 bridgehead atoms. The van der Waals surface area contributed by atoms with E-state index in [0.717, 1.165) is 33.0 Å². The first kappa shape index (κ1) is 33.2. The average Bonchev–Trinajstić information content (AvgIpc) is 3.00. The van der Waals surface area contributed by atoms with Crippen molar-refractivity contribution in [2.45, 2.75) is 71.5 Å².